The molecule has 14 heavy (non-hydrogen) atoms. The van der Waals surface area contributed by atoms with Crippen LogP contribution in [-0.2, 0) is 6.54 Å². The molecule has 0 aliphatic carbocycles. The summed E-state index contributed by atoms with van der Waals surface area (Å²) in [6.45, 7) is 5.36. The van der Waals surface area contributed by atoms with Crippen molar-refractivity contribution in [2.75, 3.05) is 20.1 Å². The zero-order chi connectivity index (χ0) is 10.4. The first kappa shape index (κ1) is 12.2. The average Bonchev–Trinajstić information content (AvgIpc) is 2.52. The van der Waals surface area contributed by atoms with E-state index in [9.17, 15) is 0 Å². The lowest BCUT2D eigenvalue weighted by molar-refractivity contribution is 0.493. The highest BCUT2D eigenvalue weighted by molar-refractivity contribution is 9.11. The van der Waals surface area contributed by atoms with E-state index in [1.54, 1.807) is 11.3 Å². The molecule has 0 bridgehead atoms. The van der Waals surface area contributed by atoms with Gasteiger partial charge in [-0.3, -0.25) is 0 Å². The van der Waals surface area contributed by atoms with Crippen molar-refractivity contribution in [2.45, 2.75) is 13.5 Å². The van der Waals surface area contributed by atoms with Crippen LogP contribution in [-0.4, -0.2) is 20.1 Å². The third kappa shape index (κ3) is 4.55. The van der Waals surface area contributed by atoms with Gasteiger partial charge in [0.2, 0.25) is 0 Å². The van der Waals surface area contributed by atoms with Crippen LogP contribution in [0.1, 0.15) is 11.8 Å². The maximum Gasteiger partial charge on any atom is 0.0701 e. The summed E-state index contributed by atoms with van der Waals surface area (Å²) < 4.78 is 1.21. The highest BCUT2D eigenvalue weighted by atomic mass is 79.9. The van der Waals surface area contributed by atoms with Crippen LogP contribution in [0.25, 0.3) is 0 Å². The molecule has 0 aromatic carbocycles. The Morgan fingerprint density at radius 3 is 2.79 bits per heavy atom. The van der Waals surface area contributed by atoms with Crippen LogP contribution >= 0.6 is 27.3 Å². The van der Waals surface area contributed by atoms with Crippen LogP contribution in [0.4, 0.5) is 0 Å². The van der Waals surface area contributed by atoms with Gasteiger partial charge < -0.3 is 10.6 Å². The van der Waals surface area contributed by atoms with Crippen LogP contribution in [0.15, 0.2) is 15.9 Å². The van der Waals surface area contributed by atoms with Crippen molar-refractivity contribution < 1.29 is 0 Å². The lowest BCUT2D eigenvalue weighted by atomic mass is 10.2. The lowest BCUT2D eigenvalue weighted by Gasteiger charge is -2.10. The highest BCUT2D eigenvalue weighted by Crippen LogP contribution is 2.21. The molecule has 0 aliphatic rings. The van der Waals surface area contributed by atoms with E-state index in [2.05, 4.69) is 45.6 Å². The predicted octanol–water partition coefficient (Wildman–Crippen LogP) is 2.46. The van der Waals surface area contributed by atoms with E-state index in [1.165, 1.54) is 8.66 Å². The largest absolute Gasteiger partial charge is 0.319 e. The smallest absolute Gasteiger partial charge is 0.0701 e. The fourth-order valence-electron chi connectivity index (χ4n) is 1.31. The van der Waals surface area contributed by atoms with Crippen LogP contribution in [0.2, 0.25) is 0 Å². The van der Waals surface area contributed by atoms with Gasteiger partial charge in [0.15, 0.2) is 0 Å². The first-order valence-electron chi connectivity index (χ1n) is 4.82. The van der Waals surface area contributed by atoms with Crippen LogP contribution < -0.4 is 10.6 Å². The van der Waals surface area contributed by atoms with Crippen LogP contribution in [0.5, 0.6) is 0 Å². The van der Waals surface area contributed by atoms with E-state index in [4.69, 9.17) is 0 Å². The summed E-state index contributed by atoms with van der Waals surface area (Å²) in [6.07, 6.45) is 0. The Morgan fingerprint density at radius 1 is 1.43 bits per heavy atom. The molecular weight excluding hydrogens is 260 g/mol. The minimum atomic E-state index is 0.684. The van der Waals surface area contributed by atoms with Crippen LogP contribution in [0.3, 0.4) is 0 Å². The first-order chi connectivity index (χ1) is 6.72. The van der Waals surface area contributed by atoms with Crippen LogP contribution in [0, 0.1) is 5.92 Å². The van der Waals surface area contributed by atoms with Gasteiger partial charge in [-0.1, -0.05) is 6.92 Å². The summed E-state index contributed by atoms with van der Waals surface area (Å²) in [5.41, 5.74) is 0. The minimum absolute atomic E-state index is 0.684. The summed E-state index contributed by atoms with van der Waals surface area (Å²) in [5.74, 6) is 0.684. The zero-order valence-corrected chi connectivity index (χ0v) is 11.0. The van der Waals surface area contributed by atoms with E-state index in [0.717, 1.165) is 19.6 Å². The molecule has 1 aromatic heterocycles. The molecule has 0 saturated heterocycles. The molecule has 0 aliphatic heterocycles. The molecule has 80 valence electrons. The van der Waals surface area contributed by atoms with Crippen molar-refractivity contribution in [1.82, 2.24) is 10.6 Å². The van der Waals surface area contributed by atoms with Crippen molar-refractivity contribution in [3.63, 3.8) is 0 Å². The molecule has 1 atom stereocenters. The maximum absolute atomic E-state index is 3.46. The molecule has 0 fully saturated rings. The van der Waals surface area contributed by atoms with Crippen molar-refractivity contribution in [2.24, 2.45) is 5.92 Å². The normalized spacial score (nSPS) is 13.1. The molecule has 1 heterocycles. The van der Waals surface area contributed by atoms with E-state index < -0.39 is 0 Å². The number of hydrogen-bond donors (Lipinski definition) is 2. The SMILES string of the molecule is CNCC(C)CNCc1ccc(Br)s1. The number of rotatable bonds is 6. The Balaban J connectivity index is 2.15. The van der Waals surface area contributed by atoms with Crippen molar-refractivity contribution in [3.8, 4) is 0 Å². The molecule has 2 nitrogen and oxygen atoms in total. The fraction of sp³-hybridized carbons (Fsp3) is 0.600. The minimum Gasteiger partial charge on any atom is -0.319 e. The van der Waals surface area contributed by atoms with E-state index >= 15 is 0 Å². The number of thiophene rings is 1. The molecule has 4 heteroatoms. The molecule has 2 N–H and O–H groups in total. The van der Waals surface area contributed by atoms with Gasteiger partial charge in [-0.2, -0.15) is 0 Å². The Labute approximate surface area is 98.2 Å². The van der Waals surface area contributed by atoms with E-state index in [1.807, 2.05) is 7.05 Å². The predicted molar refractivity (Wildman–Crippen MR) is 66.8 cm³/mol. The summed E-state index contributed by atoms with van der Waals surface area (Å²) in [6, 6.07) is 4.25. The molecular formula is C10H17BrN2S. The third-order valence-corrected chi connectivity index (χ3v) is 3.60. The molecule has 1 rings (SSSR count). The molecule has 0 amide bonds. The van der Waals surface area contributed by atoms with Gasteiger partial charge in [0.05, 0.1) is 3.79 Å². The maximum atomic E-state index is 3.46. The van der Waals surface area contributed by atoms with Gasteiger partial charge in [-0.25, -0.2) is 0 Å². The average molecular weight is 277 g/mol. The Kier molecular flexibility index (Phi) is 5.70. The second kappa shape index (κ2) is 6.56. The second-order valence-electron chi connectivity index (χ2n) is 3.50. The second-order valence-corrected chi connectivity index (χ2v) is 6.05. The summed E-state index contributed by atoms with van der Waals surface area (Å²) in [4.78, 5) is 1.38. The number of halogens is 1. The van der Waals surface area contributed by atoms with Crippen molar-refractivity contribution in [1.29, 1.82) is 0 Å². The Hall–Kier alpha value is 0.1000. The van der Waals surface area contributed by atoms with Gasteiger partial charge in [0.1, 0.15) is 0 Å². The molecule has 0 spiro atoms. The summed E-state index contributed by atoms with van der Waals surface area (Å²) >= 11 is 5.25. The molecule has 0 radical (unpaired) electrons. The van der Waals surface area contributed by atoms with E-state index in [-0.39, 0.29) is 0 Å². The molecule has 1 unspecified atom stereocenters. The fourth-order valence-corrected chi connectivity index (χ4v) is 2.76. The summed E-state index contributed by atoms with van der Waals surface area (Å²) in [7, 11) is 1.99. The van der Waals surface area contributed by atoms with Gasteiger partial charge in [0.25, 0.3) is 0 Å². The third-order valence-electron chi connectivity index (χ3n) is 1.97. The Morgan fingerprint density at radius 2 is 2.21 bits per heavy atom. The monoisotopic (exact) mass is 276 g/mol. The molecule has 1 aromatic rings. The number of hydrogen-bond acceptors (Lipinski definition) is 3. The van der Waals surface area contributed by atoms with E-state index in [0.29, 0.717) is 5.92 Å². The molecule has 0 saturated carbocycles. The topological polar surface area (TPSA) is 24.1 Å². The summed E-state index contributed by atoms with van der Waals surface area (Å²) in [5, 5.41) is 6.62. The highest BCUT2D eigenvalue weighted by Gasteiger charge is 2.01. The standard InChI is InChI=1S/C10H17BrN2S/c1-8(5-12-2)6-13-7-9-3-4-10(11)14-9/h3-4,8,12-13H,5-7H2,1-2H3. The Bertz CT molecular complexity index is 262. The van der Waals surface area contributed by atoms with Crippen molar-refractivity contribution in [3.05, 3.63) is 20.8 Å². The van der Waals surface area contributed by atoms with Crippen molar-refractivity contribution >= 4 is 27.3 Å². The van der Waals surface area contributed by atoms with Gasteiger partial charge in [0, 0.05) is 11.4 Å². The quantitative estimate of drug-likeness (QED) is 0.834. The zero-order valence-electron chi connectivity index (χ0n) is 8.64. The van der Waals surface area contributed by atoms with Gasteiger partial charge >= 0.3 is 0 Å². The van der Waals surface area contributed by atoms with Gasteiger partial charge in [-0.05, 0) is 54.1 Å². The first-order valence-corrected chi connectivity index (χ1v) is 6.43. The number of nitrogens with one attached hydrogen (secondary N) is 2. The lowest BCUT2D eigenvalue weighted by Crippen LogP contribution is -2.27. The van der Waals surface area contributed by atoms with Gasteiger partial charge in [-0.15, -0.1) is 11.3 Å².